The van der Waals surface area contributed by atoms with Gasteiger partial charge in [-0.25, -0.2) is 4.79 Å². The van der Waals surface area contributed by atoms with E-state index in [4.69, 9.17) is 9.15 Å². The molecule has 5 nitrogen and oxygen atoms in total. The summed E-state index contributed by atoms with van der Waals surface area (Å²) < 4.78 is 15.4. The van der Waals surface area contributed by atoms with Crippen molar-refractivity contribution in [2.45, 2.75) is 12.6 Å². The van der Waals surface area contributed by atoms with Gasteiger partial charge in [0.1, 0.15) is 12.4 Å². The van der Waals surface area contributed by atoms with Crippen molar-refractivity contribution in [3.63, 3.8) is 0 Å². The molecule has 1 aliphatic heterocycles. The highest BCUT2D eigenvalue weighted by atomic mass is 16.5. The topological polar surface area (TPSA) is 60.7 Å². The van der Waals surface area contributed by atoms with Crippen molar-refractivity contribution in [3.05, 3.63) is 53.5 Å². The molecule has 0 saturated carbocycles. The first-order valence-corrected chi connectivity index (χ1v) is 6.39. The Morgan fingerprint density at radius 1 is 1.40 bits per heavy atom. The van der Waals surface area contributed by atoms with Crippen LogP contribution in [-0.2, 0) is 11.3 Å². The molecule has 1 atom stereocenters. The third kappa shape index (κ3) is 2.28. The van der Waals surface area contributed by atoms with E-state index in [9.17, 15) is 4.79 Å². The molecule has 5 heteroatoms. The number of furan rings is 1. The number of methoxy groups -OCH3 is 1. The van der Waals surface area contributed by atoms with E-state index in [-0.39, 0.29) is 11.8 Å². The lowest BCUT2D eigenvalue weighted by Gasteiger charge is -2.11. The number of hydrogen-bond acceptors (Lipinski definition) is 5. The predicted molar refractivity (Wildman–Crippen MR) is 71.6 cm³/mol. The lowest BCUT2D eigenvalue weighted by Crippen LogP contribution is -2.22. The summed E-state index contributed by atoms with van der Waals surface area (Å²) in [5.41, 5.74) is 1.91. The molecule has 1 aromatic heterocycles. The molecular formula is C15H15NO4. The minimum Gasteiger partial charge on any atom is -0.491 e. The number of para-hydroxylation sites is 1. The first kappa shape index (κ1) is 12.7. The fourth-order valence-electron chi connectivity index (χ4n) is 2.31. The summed E-state index contributed by atoms with van der Waals surface area (Å²) in [7, 11) is 1.34. The molecule has 3 rings (SSSR count). The van der Waals surface area contributed by atoms with Crippen LogP contribution in [0.15, 0.2) is 41.0 Å². The molecule has 0 aliphatic carbocycles. The maximum absolute atomic E-state index is 11.5. The van der Waals surface area contributed by atoms with Crippen molar-refractivity contribution in [1.29, 1.82) is 0 Å². The molecule has 1 unspecified atom stereocenters. The number of ether oxygens (including phenoxy) is 2. The van der Waals surface area contributed by atoms with E-state index in [2.05, 4.69) is 10.1 Å². The smallest absolute Gasteiger partial charge is 0.374 e. The van der Waals surface area contributed by atoms with Gasteiger partial charge in [0.15, 0.2) is 0 Å². The molecule has 1 aromatic carbocycles. The number of hydrogen-bond donors (Lipinski definition) is 1. The molecule has 2 aromatic rings. The highest BCUT2D eigenvalue weighted by Gasteiger charge is 2.24. The Kier molecular flexibility index (Phi) is 3.43. The number of carbonyl (C=O) groups excluding carboxylic acids is 1. The average Bonchev–Trinajstić information content (AvgIpc) is 3.11. The first-order valence-electron chi connectivity index (χ1n) is 6.39. The first-order chi connectivity index (χ1) is 9.79. The zero-order valence-corrected chi connectivity index (χ0v) is 11.1. The fraction of sp³-hybridized carbons (Fsp3) is 0.267. The molecule has 0 bridgehead atoms. The lowest BCUT2D eigenvalue weighted by atomic mass is 10.1. The summed E-state index contributed by atoms with van der Waals surface area (Å²) in [6.45, 7) is 1.11. The van der Waals surface area contributed by atoms with Gasteiger partial charge in [-0.3, -0.25) is 0 Å². The third-order valence-electron chi connectivity index (χ3n) is 3.36. The van der Waals surface area contributed by atoms with Crippen LogP contribution in [0.5, 0.6) is 5.75 Å². The minimum absolute atomic E-state index is 0.117. The Bertz CT molecular complexity index is 620. The molecular weight excluding hydrogens is 258 g/mol. The second-order valence-corrected chi connectivity index (χ2v) is 4.55. The zero-order chi connectivity index (χ0) is 13.9. The average molecular weight is 273 g/mol. The van der Waals surface area contributed by atoms with Crippen LogP contribution >= 0.6 is 0 Å². The maximum Gasteiger partial charge on any atom is 0.374 e. The predicted octanol–water partition coefficient (Wildman–Crippen LogP) is 2.29. The molecule has 1 aliphatic rings. The second kappa shape index (κ2) is 5.38. The van der Waals surface area contributed by atoms with Gasteiger partial charge in [0.25, 0.3) is 0 Å². The molecule has 0 spiro atoms. The van der Waals surface area contributed by atoms with E-state index in [1.54, 1.807) is 6.07 Å². The van der Waals surface area contributed by atoms with Crippen molar-refractivity contribution < 1.29 is 18.7 Å². The SMILES string of the molecule is COC(=O)c1occc1CNC1COc2ccccc21. The van der Waals surface area contributed by atoms with Gasteiger partial charge in [0.2, 0.25) is 5.76 Å². The summed E-state index contributed by atoms with van der Waals surface area (Å²) in [4.78, 5) is 11.5. The standard InChI is InChI=1S/C15H15NO4/c1-18-15(17)14-10(6-7-19-14)8-16-12-9-20-13-5-3-2-4-11(12)13/h2-7,12,16H,8-9H2,1H3. The van der Waals surface area contributed by atoms with Crippen LogP contribution in [0.2, 0.25) is 0 Å². The maximum atomic E-state index is 11.5. The van der Waals surface area contributed by atoms with Crippen LogP contribution in [0, 0.1) is 0 Å². The number of nitrogens with one attached hydrogen (secondary N) is 1. The van der Waals surface area contributed by atoms with E-state index >= 15 is 0 Å². The highest BCUT2D eigenvalue weighted by molar-refractivity contribution is 5.87. The van der Waals surface area contributed by atoms with Gasteiger partial charge in [0, 0.05) is 17.7 Å². The van der Waals surface area contributed by atoms with Crippen LogP contribution < -0.4 is 10.1 Å². The van der Waals surface area contributed by atoms with Gasteiger partial charge in [-0.2, -0.15) is 0 Å². The molecule has 0 fully saturated rings. The molecule has 20 heavy (non-hydrogen) atoms. The van der Waals surface area contributed by atoms with Crippen LogP contribution in [0.1, 0.15) is 27.7 Å². The Labute approximate surface area is 116 Å². The fourth-order valence-corrected chi connectivity index (χ4v) is 2.31. The largest absolute Gasteiger partial charge is 0.491 e. The molecule has 1 N–H and O–H groups in total. The van der Waals surface area contributed by atoms with Gasteiger partial charge in [0.05, 0.1) is 19.4 Å². The zero-order valence-electron chi connectivity index (χ0n) is 11.1. The Morgan fingerprint density at radius 3 is 3.10 bits per heavy atom. The van der Waals surface area contributed by atoms with E-state index in [1.165, 1.54) is 13.4 Å². The summed E-state index contributed by atoms with van der Waals surface area (Å²) >= 11 is 0. The Morgan fingerprint density at radius 2 is 2.25 bits per heavy atom. The summed E-state index contributed by atoms with van der Waals surface area (Å²) in [6, 6.07) is 9.81. The monoisotopic (exact) mass is 273 g/mol. The number of carbonyl (C=O) groups is 1. The Balaban J connectivity index is 1.70. The van der Waals surface area contributed by atoms with Crippen LogP contribution in [0.25, 0.3) is 0 Å². The molecule has 2 heterocycles. The van der Waals surface area contributed by atoms with Gasteiger partial charge in [-0.05, 0) is 12.1 Å². The van der Waals surface area contributed by atoms with Crippen LogP contribution in [0.3, 0.4) is 0 Å². The van der Waals surface area contributed by atoms with Crippen LogP contribution in [0.4, 0.5) is 0 Å². The lowest BCUT2D eigenvalue weighted by molar-refractivity contribution is 0.0563. The molecule has 0 radical (unpaired) electrons. The van der Waals surface area contributed by atoms with E-state index in [0.717, 1.165) is 16.9 Å². The van der Waals surface area contributed by atoms with Crippen molar-refractivity contribution in [2.75, 3.05) is 13.7 Å². The van der Waals surface area contributed by atoms with E-state index in [1.807, 2.05) is 24.3 Å². The van der Waals surface area contributed by atoms with Crippen molar-refractivity contribution >= 4 is 5.97 Å². The molecule has 0 saturated heterocycles. The number of benzene rings is 1. The third-order valence-corrected chi connectivity index (χ3v) is 3.36. The van der Waals surface area contributed by atoms with Gasteiger partial charge >= 0.3 is 5.97 Å². The molecule has 0 amide bonds. The number of rotatable bonds is 4. The number of esters is 1. The number of fused-ring (bicyclic) bond motifs is 1. The Hall–Kier alpha value is -2.27. The van der Waals surface area contributed by atoms with E-state index < -0.39 is 5.97 Å². The van der Waals surface area contributed by atoms with Crippen molar-refractivity contribution in [2.24, 2.45) is 0 Å². The van der Waals surface area contributed by atoms with Gasteiger partial charge in [-0.1, -0.05) is 18.2 Å². The second-order valence-electron chi connectivity index (χ2n) is 4.55. The minimum atomic E-state index is -0.463. The van der Waals surface area contributed by atoms with E-state index in [0.29, 0.717) is 13.2 Å². The van der Waals surface area contributed by atoms with Crippen LogP contribution in [-0.4, -0.2) is 19.7 Å². The molecule has 104 valence electrons. The summed E-state index contributed by atoms with van der Waals surface area (Å²) in [5, 5.41) is 3.37. The summed E-state index contributed by atoms with van der Waals surface area (Å²) in [5.74, 6) is 0.687. The van der Waals surface area contributed by atoms with Gasteiger partial charge in [-0.15, -0.1) is 0 Å². The summed E-state index contributed by atoms with van der Waals surface area (Å²) in [6.07, 6.45) is 1.49. The quantitative estimate of drug-likeness (QED) is 0.866. The van der Waals surface area contributed by atoms with Gasteiger partial charge < -0.3 is 19.2 Å². The normalized spacial score (nSPS) is 16.6. The highest BCUT2D eigenvalue weighted by Crippen LogP contribution is 2.31. The van der Waals surface area contributed by atoms with Crippen molar-refractivity contribution in [1.82, 2.24) is 5.32 Å². The van der Waals surface area contributed by atoms with Crippen molar-refractivity contribution in [3.8, 4) is 5.75 Å².